The van der Waals surface area contributed by atoms with E-state index in [1.165, 1.54) is 7.05 Å². The molecule has 0 saturated carbocycles. The summed E-state index contributed by atoms with van der Waals surface area (Å²) in [6.45, 7) is 1.84. The normalized spacial score (nSPS) is 12.7. The van der Waals surface area contributed by atoms with Crippen LogP contribution in [0.2, 0.25) is 0 Å². The zero-order valence-corrected chi connectivity index (χ0v) is 11.9. The second-order valence-electron chi connectivity index (χ2n) is 3.98. The highest BCUT2D eigenvalue weighted by molar-refractivity contribution is 7.89. The van der Waals surface area contributed by atoms with Gasteiger partial charge >= 0.3 is 12.0 Å². The van der Waals surface area contributed by atoms with Crippen molar-refractivity contribution in [2.45, 2.75) is 19.8 Å². The zero-order valence-electron chi connectivity index (χ0n) is 11.1. The van der Waals surface area contributed by atoms with Crippen molar-refractivity contribution in [2.75, 3.05) is 25.9 Å². The summed E-state index contributed by atoms with van der Waals surface area (Å²) in [5.41, 5.74) is 0. The molecule has 1 atom stereocenters. The third kappa shape index (κ3) is 8.38. The fourth-order valence-corrected chi connectivity index (χ4v) is 1.92. The molecule has 9 heteroatoms. The Morgan fingerprint density at radius 1 is 1.26 bits per heavy atom. The van der Waals surface area contributed by atoms with E-state index in [1.807, 2.05) is 6.92 Å². The summed E-state index contributed by atoms with van der Waals surface area (Å²) >= 11 is 0. The maximum absolute atomic E-state index is 11.3. The molecule has 0 spiro atoms. The number of sulfonamides is 1. The van der Waals surface area contributed by atoms with E-state index in [4.69, 9.17) is 5.11 Å². The Morgan fingerprint density at radius 2 is 1.89 bits per heavy atom. The first-order chi connectivity index (χ1) is 8.82. The van der Waals surface area contributed by atoms with Gasteiger partial charge in [0.1, 0.15) is 0 Å². The highest BCUT2D eigenvalue weighted by Crippen LogP contribution is 2.04. The summed E-state index contributed by atoms with van der Waals surface area (Å²) in [4.78, 5) is 22.1. The molecule has 0 aliphatic carbocycles. The van der Waals surface area contributed by atoms with Crippen LogP contribution in [0.1, 0.15) is 19.8 Å². The molecule has 8 nitrogen and oxygen atoms in total. The van der Waals surface area contributed by atoms with E-state index in [1.54, 1.807) is 0 Å². The largest absolute Gasteiger partial charge is 0.481 e. The Bertz CT molecular complexity index is 396. The fraction of sp³-hybridized carbons (Fsp3) is 0.800. The van der Waals surface area contributed by atoms with E-state index in [0.29, 0.717) is 12.8 Å². The van der Waals surface area contributed by atoms with Crippen LogP contribution < -0.4 is 15.4 Å². The van der Waals surface area contributed by atoms with Gasteiger partial charge in [-0.15, -0.1) is 0 Å². The lowest BCUT2D eigenvalue weighted by molar-refractivity contribution is -0.141. The first-order valence-electron chi connectivity index (χ1n) is 5.98. The lowest BCUT2D eigenvalue weighted by Crippen LogP contribution is -2.42. The average molecular weight is 295 g/mol. The Morgan fingerprint density at radius 3 is 2.37 bits per heavy atom. The van der Waals surface area contributed by atoms with Crippen molar-refractivity contribution in [1.29, 1.82) is 0 Å². The van der Waals surface area contributed by atoms with Gasteiger partial charge in [0.15, 0.2) is 0 Å². The van der Waals surface area contributed by atoms with Crippen LogP contribution in [0.15, 0.2) is 0 Å². The number of urea groups is 1. The number of hydrogen-bond acceptors (Lipinski definition) is 4. The first kappa shape index (κ1) is 17.6. The van der Waals surface area contributed by atoms with Gasteiger partial charge in [-0.05, 0) is 13.5 Å². The molecule has 0 saturated heterocycles. The highest BCUT2D eigenvalue weighted by atomic mass is 32.2. The third-order valence-corrected chi connectivity index (χ3v) is 3.83. The van der Waals surface area contributed by atoms with Crippen molar-refractivity contribution in [3.8, 4) is 0 Å². The standard InChI is InChI=1S/C10H21N3O5S/c1-3-4-8(9(14)15)7-13-10(16)12-5-6-19(17,18)11-2/h8,11H,3-7H2,1-2H3,(H,14,15)(H2,12,13,16). The van der Waals surface area contributed by atoms with Crippen molar-refractivity contribution >= 4 is 22.0 Å². The van der Waals surface area contributed by atoms with Crippen LogP contribution >= 0.6 is 0 Å². The van der Waals surface area contributed by atoms with Gasteiger partial charge in [-0.1, -0.05) is 13.3 Å². The van der Waals surface area contributed by atoms with Crippen LogP contribution in [0.3, 0.4) is 0 Å². The highest BCUT2D eigenvalue weighted by Gasteiger charge is 2.17. The number of hydrogen-bond donors (Lipinski definition) is 4. The molecular formula is C10H21N3O5S. The second kappa shape index (κ2) is 8.70. The van der Waals surface area contributed by atoms with Gasteiger partial charge in [-0.2, -0.15) is 0 Å². The van der Waals surface area contributed by atoms with Crippen LogP contribution in [0, 0.1) is 5.92 Å². The second-order valence-corrected chi connectivity index (χ2v) is 6.03. The lowest BCUT2D eigenvalue weighted by Gasteiger charge is -2.13. The zero-order chi connectivity index (χ0) is 14.9. The van der Waals surface area contributed by atoms with Gasteiger partial charge in [0.2, 0.25) is 10.0 Å². The molecule has 0 bridgehead atoms. The van der Waals surface area contributed by atoms with Crippen LogP contribution in [0.5, 0.6) is 0 Å². The predicted molar refractivity (Wildman–Crippen MR) is 70.3 cm³/mol. The van der Waals surface area contributed by atoms with Gasteiger partial charge in [0.25, 0.3) is 0 Å². The van der Waals surface area contributed by atoms with Gasteiger partial charge in [-0.3, -0.25) is 4.79 Å². The molecule has 19 heavy (non-hydrogen) atoms. The number of carbonyl (C=O) groups is 2. The summed E-state index contributed by atoms with van der Waals surface area (Å²) in [6, 6.07) is -0.575. The molecular weight excluding hydrogens is 274 g/mol. The number of carboxylic acids is 1. The minimum Gasteiger partial charge on any atom is -0.481 e. The van der Waals surface area contributed by atoms with Crippen molar-refractivity contribution < 1.29 is 23.1 Å². The van der Waals surface area contributed by atoms with Gasteiger partial charge in [0, 0.05) is 13.1 Å². The van der Waals surface area contributed by atoms with E-state index in [9.17, 15) is 18.0 Å². The quantitative estimate of drug-likeness (QED) is 0.449. The Labute approximate surface area is 113 Å². The van der Waals surface area contributed by atoms with E-state index >= 15 is 0 Å². The van der Waals surface area contributed by atoms with E-state index in [-0.39, 0.29) is 18.8 Å². The number of aliphatic carboxylic acids is 1. The molecule has 0 aromatic carbocycles. The summed E-state index contributed by atoms with van der Waals surface area (Å²) in [5.74, 6) is -1.81. The number of carbonyl (C=O) groups excluding carboxylic acids is 1. The van der Waals surface area contributed by atoms with Crippen LogP contribution in [0.4, 0.5) is 4.79 Å². The molecule has 2 amide bonds. The predicted octanol–water partition coefficient (Wildman–Crippen LogP) is -0.664. The molecule has 0 aromatic heterocycles. The SMILES string of the molecule is CCCC(CNC(=O)NCCS(=O)(=O)NC)C(=O)O. The van der Waals surface area contributed by atoms with Gasteiger partial charge in [-0.25, -0.2) is 17.9 Å². The Kier molecular flexibility index (Phi) is 8.08. The molecule has 0 heterocycles. The minimum atomic E-state index is -3.36. The average Bonchev–Trinajstić information content (AvgIpc) is 2.33. The Balaban J connectivity index is 3.95. The maximum atomic E-state index is 11.3. The molecule has 1 unspecified atom stereocenters. The molecule has 4 N–H and O–H groups in total. The van der Waals surface area contributed by atoms with Crippen LogP contribution in [0.25, 0.3) is 0 Å². The molecule has 0 aromatic rings. The fourth-order valence-electron chi connectivity index (χ4n) is 1.34. The van der Waals surface area contributed by atoms with Gasteiger partial charge < -0.3 is 15.7 Å². The molecule has 112 valence electrons. The molecule has 0 aliphatic rings. The van der Waals surface area contributed by atoms with E-state index in [2.05, 4.69) is 15.4 Å². The summed E-state index contributed by atoms with van der Waals surface area (Å²) in [6.07, 6.45) is 1.18. The number of amides is 2. The molecule has 0 fully saturated rings. The molecule has 0 rings (SSSR count). The summed E-state index contributed by atoms with van der Waals surface area (Å²) in [7, 11) is -2.07. The first-order valence-corrected chi connectivity index (χ1v) is 7.63. The van der Waals surface area contributed by atoms with E-state index < -0.39 is 27.9 Å². The topological polar surface area (TPSA) is 125 Å². The minimum absolute atomic E-state index is 0.0216. The monoisotopic (exact) mass is 295 g/mol. The maximum Gasteiger partial charge on any atom is 0.314 e. The summed E-state index contributed by atoms with van der Waals surface area (Å²) < 4.78 is 24.2. The smallest absolute Gasteiger partial charge is 0.314 e. The van der Waals surface area contributed by atoms with Crippen molar-refractivity contribution in [1.82, 2.24) is 15.4 Å². The van der Waals surface area contributed by atoms with Gasteiger partial charge in [0.05, 0.1) is 11.7 Å². The Hall–Kier alpha value is -1.35. The third-order valence-electron chi connectivity index (χ3n) is 2.46. The summed E-state index contributed by atoms with van der Waals surface area (Å²) in [5, 5.41) is 13.6. The van der Waals surface area contributed by atoms with Crippen LogP contribution in [-0.4, -0.2) is 51.4 Å². The van der Waals surface area contributed by atoms with Crippen molar-refractivity contribution in [2.24, 2.45) is 5.92 Å². The van der Waals surface area contributed by atoms with Crippen LogP contribution in [-0.2, 0) is 14.8 Å². The number of rotatable bonds is 9. The number of carboxylic acid groups (broad SMARTS) is 1. The molecule has 0 radical (unpaired) electrons. The number of nitrogens with one attached hydrogen (secondary N) is 3. The molecule has 0 aliphatic heterocycles. The van der Waals surface area contributed by atoms with Crippen molar-refractivity contribution in [3.05, 3.63) is 0 Å². The lowest BCUT2D eigenvalue weighted by atomic mass is 10.0. The van der Waals surface area contributed by atoms with Crippen molar-refractivity contribution in [3.63, 3.8) is 0 Å². The van der Waals surface area contributed by atoms with E-state index in [0.717, 1.165) is 0 Å².